The summed E-state index contributed by atoms with van der Waals surface area (Å²) in [6.07, 6.45) is 0.319. The van der Waals surface area contributed by atoms with Crippen LogP contribution < -0.4 is 0 Å². The van der Waals surface area contributed by atoms with Gasteiger partial charge in [-0.3, -0.25) is 0 Å². The average Bonchev–Trinajstić information content (AvgIpc) is 1.84. The average molecular weight is 146 g/mol. The predicted octanol–water partition coefficient (Wildman–Crippen LogP) is 0.784. The maximum absolute atomic E-state index is 5.25. The van der Waals surface area contributed by atoms with Crippen molar-refractivity contribution in [3.8, 4) is 0 Å². The van der Waals surface area contributed by atoms with E-state index in [1.165, 1.54) is 0 Å². The number of rotatable bonds is 0. The molecule has 0 aliphatic carbocycles. The summed E-state index contributed by atoms with van der Waals surface area (Å²) in [6.45, 7) is 5.69. The van der Waals surface area contributed by atoms with E-state index in [0.717, 1.165) is 0 Å². The summed E-state index contributed by atoms with van der Waals surface area (Å²) in [5.41, 5.74) is 0. The predicted molar refractivity (Wildman–Crippen MR) is 36.8 cm³/mol. The van der Waals surface area contributed by atoms with E-state index in [9.17, 15) is 0 Å². The molecule has 60 valence electrons. The van der Waals surface area contributed by atoms with Crippen molar-refractivity contribution in [1.29, 1.82) is 0 Å². The van der Waals surface area contributed by atoms with Crippen LogP contribution in [-0.2, 0) is 14.2 Å². The molecule has 0 aromatic rings. The van der Waals surface area contributed by atoms with Crippen molar-refractivity contribution < 1.29 is 14.2 Å². The fourth-order valence-corrected chi connectivity index (χ4v) is 0.768. The van der Waals surface area contributed by atoms with Crippen LogP contribution in [0.5, 0.6) is 0 Å². The van der Waals surface area contributed by atoms with Crippen molar-refractivity contribution in [2.75, 3.05) is 20.0 Å². The van der Waals surface area contributed by atoms with Gasteiger partial charge in [-0.15, -0.1) is 0 Å². The van der Waals surface area contributed by atoms with Gasteiger partial charge in [-0.1, -0.05) is 0 Å². The highest BCUT2D eigenvalue weighted by Crippen LogP contribution is 2.01. The highest BCUT2D eigenvalue weighted by atomic mass is 16.7. The third kappa shape index (κ3) is 2.64. The molecule has 1 aliphatic heterocycles. The van der Waals surface area contributed by atoms with Gasteiger partial charge in [0.15, 0.2) is 0 Å². The van der Waals surface area contributed by atoms with Crippen LogP contribution in [0.25, 0.3) is 0 Å². The molecule has 0 spiro atoms. The summed E-state index contributed by atoms with van der Waals surface area (Å²) in [7, 11) is 0. The van der Waals surface area contributed by atoms with Gasteiger partial charge < -0.3 is 14.2 Å². The molecule has 0 saturated carbocycles. The minimum Gasteiger partial charge on any atom is -0.376 e. The van der Waals surface area contributed by atoms with E-state index >= 15 is 0 Å². The topological polar surface area (TPSA) is 27.7 Å². The van der Waals surface area contributed by atoms with E-state index in [2.05, 4.69) is 0 Å². The SMILES string of the molecule is C[C@@H]1COC[C@H](C)OCO1. The first-order valence-corrected chi connectivity index (χ1v) is 3.60. The third-order valence-electron chi connectivity index (χ3n) is 1.41. The van der Waals surface area contributed by atoms with E-state index in [0.29, 0.717) is 20.0 Å². The van der Waals surface area contributed by atoms with Gasteiger partial charge in [0.2, 0.25) is 0 Å². The van der Waals surface area contributed by atoms with Gasteiger partial charge >= 0.3 is 0 Å². The molecule has 0 radical (unpaired) electrons. The second-order valence-electron chi connectivity index (χ2n) is 2.61. The molecular formula is C7H14O3. The van der Waals surface area contributed by atoms with Gasteiger partial charge in [0.1, 0.15) is 6.79 Å². The Morgan fingerprint density at radius 3 is 2.00 bits per heavy atom. The lowest BCUT2D eigenvalue weighted by Crippen LogP contribution is -2.28. The molecule has 1 rings (SSSR count). The van der Waals surface area contributed by atoms with Crippen LogP contribution in [0.15, 0.2) is 0 Å². The van der Waals surface area contributed by atoms with Crippen molar-refractivity contribution in [1.82, 2.24) is 0 Å². The van der Waals surface area contributed by atoms with Crippen LogP contribution in [-0.4, -0.2) is 32.2 Å². The van der Waals surface area contributed by atoms with E-state index in [-0.39, 0.29) is 12.2 Å². The Hall–Kier alpha value is -0.120. The van der Waals surface area contributed by atoms with E-state index < -0.39 is 0 Å². The Bertz CT molecular complexity index is 74.9. The summed E-state index contributed by atoms with van der Waals surface area (Å²) >= 11 is 0. The molecule has 2 atom stereocenters. The van der Waals surface area contributed by atoms with Crippen molar-refractivity contribution >= 4 is 0 Å². The zero-order chi connectivity index (χ0) is 7.40. The minimum absolute atomic E-state index is 0.160. The van der Waals surface area contributed by atoms with Crippen LogP contribution in [0.1, 0.15) is 13.8 Å². The van der Waals surface area contributed by atoms with E-state index in [4.69, 9.17) is 14.2 Å². The molecular weight excluding hydrogens is 132 g/mol. The molecule has 0 amide bonds. The summed E-state index contributed by atoms with van der Waals surface area (Å²) in [5.74, 6) is 0. The smallest absolute Gasteiger partial charge is 0.147 e. The van der Waals surface area contributed by atoms with Gasteiger partial charge in [-0.2, -0.15) is 0 Å². The van der Waals surface area contributed by atoms with Crippen molar-refractivity contribution in [3.63, 3.8) is 0 Å². The van der Waals surface area contributed by atoms with Crippen LogP contribution >= 0.6 is 0 Å². The lowest BCUT2D eigenvalue weighted by molar-refractivity contribution is -0.165. The molecule has 3 nitrogen and oxygen atoms in total. The monoisotopic (exact) mass is 146 g/mol. The summed E-state index contributed by atoms with van der Waals surface area (Å²) < 4.78 is 15.7. The van der Waals surface area contributed by atoms with Crippen molar-refractivity contribution in [3.05, 3.63) is 0 Å². The summed E-state index contributed by atoms with van der Waals surface area (Å²) in [5, 5.41) is 0. The molecule has 1 heterocycles. The first kappa shape index (κ1) is 7.98. The Kier molecular flexibility index (Phi) is 3.12. The molecule has 0 aromatic heterocycles. The van der Waals surface area contributed by atoms with E-state index in [1.54, 1.807) is 0 Å². The van der Waals surface area contributed by atoms with Crippen molar-refractivity contribution in [2.24, 2.45) is 0 Å². The highest BCUT2D eigenvalue weighted by Gasteiger charge is 2.10. The van der Waals surface area contributed by atoms with Crippen LogP contribution in [0.2, 0.25) is 0 Å². The number of ether oxygens (including phenoxy) is 3. The second-order valence-corrected chi connectivity index (χ2v) is 2.61. The summed E-state index contributed by atoms with van der Waals surface area (Å²) in [4.78, 5) is 0. The third-order valence-corrected chi connectivity index (χ3v) is 1.41. The van der Waals surface area contributed by atoms with Crippen LogP contribution in [0.4, 0.5) is 0 Å². The molecule has 3 heteroatoms. The van der Waals surface area contributed by atoms with Gasteiger partial charge in [0.25, 0.3) is 0 Å². The van der Waals surface area contributed by atoms with Gasteiger partial charge in [-0.25, -0.2) is 0 Å². The van der Waals surface area contributed by atoms with Gasteiger partial charge in [0, 0.05) is 0 Å². The number of hydrogen-bond acceptors (Lipinski definition) is 3. The van der Waals surface area contributed by atoms with Crippen molar-refractivity contribution in [2.45, 2.75) is 26.1 Å². The molecule has 1 fully saturated rings. The first-order valence-electron chi connectivity index (χ1n) is 3.60. The zero-order valence-corrected chi connectivity index (χ0v) is 6.50. The minimum atomic E-state index is 0.160. The Balaban J connectivity index is 2.21. The molecule has 1 saturated heterocycles. The molecule has 10 heavy (non-hydrogen) atoms. The van der Waals surface area contributed by atoms with Gasteiger partial charge in [0.05, 0.1) is 25.4 Å². The Morgan fingerprint density at radius 2 is 1.50 bits per heavy atom. The first-order chi connectivity index (χ1) is 4.79. The fraction of sp³-hybridized carbons (Fsp3) is 1.00. The lowest BCUT2D eigenvalue weighted by atomic mass is 10.4. The maximum Gasteiger partial charge on any atom is 0.147 e. The zero-order valence-electron chi connectivity index (χ0n) is 6.50. The largest absolute Gasteiger partial charge is 0.376 e. The molecule has 0 aromatic carbocycles. The number of hydrogen-bond donors (Lipinski definition) is 0. The summed E-state index contributed by atoms with van der Waals surface area (Å²) in [6, 6.07) is 0. The molecule has 0 N–H and O–H groups in total. The second kappa shape index (κ2) is 3.91. The fourth-order valence-electron chi connectivity index (χ4n) is 0.768. The van der Waals surface area contributed by atoms with E-state index in [1.807, 2.05) is 13.8 Å². The van der Waals surface area contributed by atoms with Crippen LogP contribution in [0, 0.1) is 0 Å². The standard InChI is InChI=1S/C7H14O3/c1-6-3-8-4-7(2)10-5-9-6/h6-7H,3-5H2,1-2H3/t6-,7+. The lowest BCUT2D eigenvalue weighted by Gasteiger charge is -2.21. The normalized spacial score (nSPS) is 36.6. The maximum atomic E-state index is 5.25. The Labute approximate surface area is 61.3 Å². The highest BCUT2D eigenvalue weighted by molar-refractivity contribution is 4.52. The van der Waals surface area contributed by atoms with Crippen LogP contribution in [0.3, 0.4) is 0 Å². The molecule has 0 bridgehead atoms. The Morgan fingerprint density at radius 1 is 1.00 bits per heavy atom. The molecule has 0 unspecified atom stereocenters. The quantitative estimate of drug-likeness (QED) is 0.505. The molecule has 1 aliphatic rings. The van der Waals surface area contributed by atoms with Gasteiger partial charge in [-0.05, 0) is 13.8 Å².